The molecule has 2 heteroatoms. The normalized spacial score (nSPS) is 38.2. The number of hydrogen-bond acceptors (Lipinski definition) is 2. The summed E-state index contributed by atoms with van der Waals surface area (Å²) < 4.78 is 25.1. The molecule has 0 fully saturated rings. The Labute approximate surface area is 63.9 Å². The van der Waals surface area contributed by atoms with Crippen molar-refractivity contribution in [1.82, 2.24) is 0 Å². The Morgan fingerprint density at radius 1 is 1.50 bits per heavy atom. The third-order valence-electron chi connectivity index (χ3n) is 1.09. The molecule has 1 rings (SSSR count). The van der Waals surface area contributed by atoms with E-state index in [2.05, 4.69) is 0 Å². The standard InChI is InChI=1S/C8H12O2/c1-7-5-8(2)10-4-3-9-6-7/h5-6H,3-4H2,1-2H3/b7-6-,8-5-/i5D,6D. The van der Waals surface area contributed by atoms with E-state index in [-0.39, 0.29) is 12.3 Å². The zero-order valence-electron chi connectivity index (χ0n) is 8.23. The first-order valence-electron chi connectivity index (χ1n) is 4.24. The maximum absolute atomic E-state index is 7.55. The monoisotopic (exact) mass is 142 g/mol. The SMILES string of the molecule is [2H]/C1=C(C)/C([2H])=C(/C)OCCO1. The number of ether oxygens (including phenoxy) is 2. The van der Waals surface area contributed by atoms with Gasteiger partial charge >= 0.3 is 0 Å². The Morgan fingerprint density at radius 3 is 3.10 bits per heavy atom. The highest BCUT2D eigenvalue weighted by Gasteiger charge is 1.95. The molecule has 0 saturated carbocycles. The molecule has 0 spiro atoms. The molecule has 0 amide bonds. The number of hydrogen-bond donors (Lipinski definition) is 0. The molecule has 0 aromatic heterocycles. The molecule has 56 valence electrons. The summed E-state index contributed by atoms with van der Waals surface area (Å²) in [6, 6.07) is 0.250. The van der Waals surface area contributed by atoms with Gasteiger partial charge in [0.15, 0.2) is 0 Å². The van der Waals surface area contributed by atoms with Crippen LogP contribution in [0.25, 0.3) is 0 Å². The lowest BCUT2D eigenvalue weighted by molar-refractivity contribution is 0.128. The van der Waals surface area contributed by atoms with Crippen LogP contribution in [0.15, 0.2) is 23.6 Å². The molecule has 0 atom stereocenters. The Morgan fingerprint density at radius 2 is 2.30 bits per heavy atom. The molecule has 0 unspecified atom stereocenters. The van der Waals surface area contributed by atoms with E-state index in [1.165, 1.54) is 0 Å². The van der Waals surface area contributed by atoms with Crippen LogP contribution in [0.5, 0.6) is 0 Å². The Kier molecular flexibility index (Phi) is 1.59. The molecule has 1 aliphatic rings. The van der Waals surface area contributed by atoms with Crippen LogP contribution in [-0.2, 0) is 9.47 Å². The third-order valence-corrected chi connectivity index (χ3v) is 1.09. The molecular formula is C8H12O2. The van der Waals surface area contributed by atoms with E-state index in [9.17, 15) is 0 Å². The fourth-order valence-corrected chi connectivity index (χ4v) is 0.721. The predicted octanol–water partition coefficient (Wildman–Crippen LogP) is 1.84. The molecule has 2 nitrogen and oxygen atoms in total. The molecule has 0 radical (unpaired) electrons. The van der Waals surface area contributed by atoms with Gasteiger partial charge in [-0.05, 0) is 25.5 Å². The smallest absolute Gasteiger partial charge is 0.122 e. The van der Waals surface area contributed by atoms with Gasteiger partial charge in [0, 0.05) is 0 Å². The molecule has 0 bridgehead atoms. The second-order valence-corrected chi connectivity index (χ2v) is 2.11. The largest absolute Gasteiger partial charge is 0.497 e. The van der Waals surface area contributed by atoms with Crippen LogP contribution in [0, 0.1) is 0 Å². The second-order valence-electron chi connectivity index (χ2n) is 2.11. The summed E-state index contributed by atoms with van der Waals surface area (Å²) in [6.45, 7) is 4.19. The summed E-state index contributed by atoms with van der Waals surface area (Å²) in [5, 5.41) is 0. The highest BCUT2D eigenvalue weighted by molar-refractivity contribution is 5.16. The Bertz CT molecular complexity index is 217. The van der Waals surface area contributed by atoms with Gasteiger partial charge in [0.25, 0.3) is 0 Å². The maximum Gasteiger partial charge on any atom is 0.122 e. The van der Waals surface area contributed by atoms with Crippen molar-refractivity contribution < 1.29 is 12.2 Å². The van der Waals surface area contributed by atoms with Gasteiger partial charge in [-0.3, -0.25) is 0 Å². The average Bonchev–Trinajstić information content (AvgIpc) is 2.07. The maximum atomic E-state index is 7.55. The van der Waals surface area contributed by atoms with Gasteiger partial charge in [0.05, 0.1) is 13.4 Å². The van der Waals surface area contributed by atoms with Gasteiger partial charge in [0.2, 0.25) is 0 Å². The van der Waals surface area contributed by atoms with Gasteiger partial charge in [0.1, 0.15) is 14.6 Å². The molecule has 0 saturated heterocycles. The minimum absolute atomic E-state index is 0.0719. The van der Waals surface area contributed by atoms with Crippen molar-refractivity contribution >= 4 is 0 Å². The average molecular weight is 142 g/mol. The first-order chi connectivity index (χ1) is 5.63. The van der Waals surface area contributed by atoms with Gasteiger partial charge in [-0.2, -0.15) is 0 Å². The number of allylic oxidation sites excluding steroid dienone is 3. The van der Waals surface area contributed by atoms with Crippen LogP contribution in [0.4, 0.5) is 0 Å². The highest BCUT2D eigenvalue weighted by atomic mass is 16.5. The van der Waals surface area contributed by atoms with Crippen LogP contribution >= 0.6 is 0 Å². The molecule has 1 heterocycles. The van der Waals surface area contributed by atoms with E-state index in [0.29, 0.717) is 24.5 Å². The molecule has 0 aromatic carbocycles. The van der Waals surface area contributed by atoms with Crippen molar-refractivity contribution in [2.45, 2.75) is 13.8 Å². The summed E-state index contributed by atoms with van der Waals surface area (Å²) in [5.74, 6) is 0.556. The third kappa shape index (κ3) is 2.13. The van der Waals surface area contributed by atoms with Crippen LogP contribution in [-0.4, -0.2) is 13.2 Å². The van der Waals surface area contributed by atoms with Gasteiger partial charge in [-0.1, -0.05) is 0 Å². The summed E-state index contributed by atoms with van der Waals surface area (Å²) in [4.78, 5) is 0. The van der Waals surface area contributed by atoms with Crippen molar-refractivity contribution in [3.8, 4) is 0 Å². The van der Waals surface area contributed by atoms with Crippen LogP contribution in [0.3, 0.4) is 0 Å². The van der Waals surface area contributed by atoms with E-state index in [0.717, 1.165) is 0 Å². The summed E-state index contributed by atoms with van der Waals surface area (Å²) >= 11 is 0. The van der Waals surface area contributed by atoms with Crippen molar-refractivity contribution in [2.24, 2.45) is 0 Å². The summed E-state index contributed by atoms with van der Waals surface area (Å²) in [6.07, 6.45) is 0.0719. The van der Waals surface area contributed by atoms with Crippen molar-refractivity contribution in [3.63, 3.8) is 0 Å². The minimum atomic E-state index is 0.0719. The zero-order chi connectivity index (χ0) is 9.14. The van der Waals surface area contributed by atoms with Crippen LogP contribution < -0.4 is 0 Å². The zero-order valence-corrected chi connectivity index (χ0v) is 6.23. The molecule has 0 aliphatic carbocycles. The fraction of sp³-hybridized carbons (Fsp3) is 0.500. The van der Waals surface area contributed by atoms with Gasteiger partial charge in [-0.15, -0.1) is 0 Å². The van der Waals surface area contributed by atoms with E-state index in [1.54, 1.807) is 13.8 Å². The topological polar surface area (TPSA) is 18.5 Å². The van der Waals surface area contributed by atoms with Crippen molar-refractivity contribution in [3.05, 3.63) is 23.6 Å². The molecule has 1 aliphatic heterocycles. The first kappa shape index (κ1) is 4.83. The lowest BCUT2D eigenvalue weighted by Gasteiger charge is -2.09. The Hall–Kier alpha value is -0.920. The van der Waals surface area contributed by atoms with E-state index < -0.39 is 0 Å². The van der Waals surface area contributed by atoms with Crippen LogP contribution in [0.1, 0.15) is 16.6 Å². The molecule has 0 N–H and O–H groups in total. The molecular weight excluding hydrogens is 128 g/mol. The first-order valence-corrected chi connectivity index (χ1v) is 3.24. The van der Waals surface area contributed by atoms with Gasteiger partial charge < -0.3 is 9.47 Å². The van der Waals surface area contributed by atoms with E-state index in [1.807, 2.05) is 0 Å². The molecule has 10 heavy (non-hydrogen) atoms. The summed E-state index contributed by atoms with van der Waals surface area (Å²) in [5.41, 5.74) is 0.521. The lowest BCUT2D eigenvalue weighted by Crippen LogP contribution is -2.02. The predicted molar refractivity (Wildman–Crippen MR) is 39.4 cm³/mol. The lowest BCUT2D eigenvalue weighted by atomic mass is 10.3. The minimum Gasteiger partial charge on any atom is -0.497 e. The van der Waals surface area contributed by atoms with E-state index >= 15 is 0 Å². The van der Waals surface area contributed by atoms with E-state index in [4.69, 9.17) is 12.2 Å². The van der Waals surface area contributed by atoms with Crippen molar-refractivity contribution in [2.75, 3.05) is 13.2 Å². The second kappa shape index (κ2) is 3.30. The Balaban J connectivity index is 2.99. The van der Waals surface area contributed by atoms with Crippen molar-refractivity contribution in [1.29, 1.82) is 0 Å². The van der Waals surface area contributed by atoms with Gasteiger partial charge in [-0.25, -0.2) is 0 Å². The van der Waals surface area contributed by atoms with Crippen LogP contribution in [0.2, 0.25) is 0 Å². The molecule has 0 aromatic rings. The summed E-state index contributed by atoms with van der Waals surface area (Å²) in [7, 11) is 0. The number of rotatable bonds is 0. The highest BCUT2D eigenvalue weighted by Crippen LogP contribution is 2.05. The quantitative estimate of drug-likeness (QED) is 0.513. The fourth-order valence-electron chi connectivity index (χ4n) is 0.721.